The van der Waals surface area contributed by atoms with Gasteiger partial charge in [0.05, 0.1) is 15.5 Å². The zero-order chi connectivity index (χ0) is 26.3. The number of halogens is 2. The van der Waals surface area contributed by atoms with E-state index in [0.29, 0.717) is 39.9 Å². The molecule has 0 bridgehead atoms. The largest absolute Gasteiger partial charge is 0.385 e. The van der Waals surface area contributed by atoms with Crippen molar-refractivity contribution in [2.75, 3.05) is 31.7 Å². The number of thiophene rings is 1. The van der Waals surface area contributed by atoms with Gasteiger partial charge in [-0.05, 0) is 80.3 Å². The molecule has 0 radical (unpaired) electrons. The fourth-order valence-corrected chi connectivity index (χ4v) is 9.87. The van der Waals surface area contributed by atoms with Crippen LogP contribution in [-0.2, 0) is 26.0 Å². The summed E-state index contributed by atoms with van der Waals surface area (Å²) in [5.74, 6) is -0.169. The van der Waals surface area contributed by atoms with Crippen LogP contribution in [0.3, 0.4) is 0 Å². The minimum absolute atomic E-state index is 0.0435. The van der Waals surface area contributed by atoms with E-state index in [1.165, 1.54) is 4.31 Å². The lowest BCUT2D eigenvalue weighted by molar-refractivity contribution is -0.122. The second-order valence-corrected chi connectivity index (χ2v) is 14.6. The van der Waals surface area contributed by atoms with Crippen LogP contribution in [0.4, 0.5) is 5.69 Å². The summed E-state index contributed by atoms with van der Waals surface area (Å²) < 4.78 is 35.1. The molecule has 1 aromatic heterocycles. The zero-order valence-electron chi connectivity index (χ0n) is 20.2. The van der Waals surface area contributed by atoms with Crippen molar-refractivity contribution in [3.8, 4) is 0 Å². The Morgan fingerprint density at radius 1 is 1.19 bits per heavy atom. The number of carbonyl (C=O) groups excluding carboxylic acids is 2. The van der Waals surface area contributed by atoms with E-state index in [4.69, 9.17) is 4.74 Å². The second-order valence-electron chi connectivity index (χ2n) is 9.23. The summed E-state index contributed by atoms with van der Waals surface area (Å²) in [5, 5.41) is 1.72. The minimum Gasteiger partial charge on any atom is -0.385 e. The van der Waals surface area contributed by atoms with Gasteiger partial charge in [0, 0.05) is 48.6 Å². The van der Waals surface area contributed by atoms with Crippen molar-refractivity contribution in [2.24, 2.45) is 0 Å². The number of hydrogen-bond acceptors (Lipinski definition) is 6. The Bertz CT molecular complexity index is 1470. The first-order valence-corrected chi connectivity index (χ1v) is 15.9. The third-order valence-corrected chi connectivity index (χ3v) is 12.6. The predicted octanol–water partition coefficient (Wildman–Crippen LogP) is 5.78. The van der Waals surface area contributed by atoms with Crippen LogP contribution in [-0.4, -0.2) is 57.3 Å². The number of rotatable bonds is 9. The fraction of sp³-hybridized carbons (Fsp3) is 0.385. The first kappa shape index (κ1) is 27.0. The lowest BCUT2D eigenvalue weighted by Crippen LogP contribution is -2.48. The average Bonchev–Trinajstić information content (AvgIpc) is 3.38. The van der Waals surface area contributed by atoms with Gasteiger partial charge in [0.1, 0.15) is 4.21 Å². The Kier molecular flexibility index (Phi) is 7.91. The van der Waals surface area contributed by atoms with E-state index in [-0.39, 0.29) is 22.3 Å². The summed E-state index contributed by atoms with van der Waals surface area (Å²) in [6.07, 6.45) is 2.85. The first-order chi connectivity index (χ1) is 17.7. The molecule has 2 aliphatic heterocycles. The van der Waals surface area contributed by atoms with Gasteiger partial charge in [0.2, 0.25) is 0 Å². The van der Waals surface area contributed by atoms with E-state index in [1.807, 2.05) is 30.3 Å². The van der Waals surface area contributed by atoms with Crippen LogP contribution in [0.25, 0.3) is 10.8 Å². The van der Waals surface area contributed by atoms with Gasteiger partial charge in [-0.3, -0.25) is 9.59 Å². The van der Waals surface area contributed by atoms with Crippen molar-refractivity contribution >= 4 is 81.4 Å². The molecule has 1 amide bonds. The number of ketones is 1. The monoisotopic (exact) mass is 668 g/mol. The Labute approximate surface area is 237 Å². The third-order valence-electron chi connectivity index (χ3n) is 6.98. The lowest BCUT2D eigenvalue weighted by atomic mass is 9.93. The van der Waals surface area contributed by atoms with Gasteiger partial charge >= 0.3 is 0 Å². The van der Waals surface area contributed by atoms with Gasteiger partial charge in [0.25, 0.3) is 15.9 Å². The topological polar surface area (TPSA) is 84.0 Å². The van der Waals surface area contributed by atoms with Crippen LogP contribution in [0, 0.1) is 0 Å². The van der Waals surface area contributed by atoms with Crippen LogP contribution >= 0.6 is 43.2 Å². The molecule has 1 fully saturated rings. The number of benzene rings is 2. The minimum atomic E-state index is -3.81. The molecule has 1 unspecified atom stereocenters. The Morgan fingerprint density at radius 2 is 2.00 bits per heavy atom. The number of piperidine rings is 1. The molecule has 5 rings (SSSR count). The number of ether oxygens (including phenoxy) is 1. The third kappa shape index (κ3) is 4.94. The number of Topliss-reactive ketones (excluding diaryl/α,β-unsaturated/α-hetero) is 1. The Hall–Kier alpha value is -1.63. The molecular formula is C26H26Br2N2O5S2. The molecule has 3 aromatic rings. The van der Waals surface area contributed by atoms with Crippen LogP contribution in [0.2, 0.25) is 0 Å². The molecule has 11 heteroatoms. The number of amides is 1. The van der Waals surface area contributed by atoms with E-state index >= 15 is 0 Å². The van der Waals surface area contributed by atoms with Crippen molar-refractivity contribution < 1.29 is 22.7 Å². The number of methoxy groups -OCH3 is 1. The summed E-state index contributed by atoms with van der Waals surface area (Å²) in [7, 11) is -2.17. The maximum absolute atomic E-state index is 13.6. The molecular weight excluding hydrogens is 644 g/mol. The molecule has 1 atom stereocenters. The number of nitrogens with zero attached hydrogens (tertiary/aromatic N) is 2. The van der Waals surface area contributed by atoms with Gasteiger partial charge in [-0.2, -0.15) is 4.31 Å². The maximum Gasteiger partial charge on any atom is 0.258 e. The standard InChI is InChI=1S/C26H26Br2N2O5S2/c1-35-13-5-11-29-21-10-9-16(17-6-4-7-18(24(17)21)26(29)32)14-22(31)20-8-2-3-12-30(20)37(33,34)23-15-19(27)25(28)36-23/h4,6-7,9-10,15,20H,2-3,5,8,11-14H2,1H3. The second kappa shape index (κ2) is 10.9. The van der Waals surface area contributed by atoms with Gasteiger partial charge in [-0.15, -0.1) is 11.3 Å². The predicted molar refractivity (Wildman–Crippen MR) is 152 cm³/mol. The van der Waals surface area contributed by atoms with Crippen LogP contribution in [0.15, 0.2) is 48.9 Å². The molecule has 2 aliphatic rings. The normalized spacial score (nSPS) is 18.2. The number of carbonyl (C=O) groups is 2. The molecule has 196 valence electrons. The molecule has 3 heterocycles. The molecule has 2 aromatic carbocycles. The molecule has 0 saturated carbocycles. The van der Waals surface area contributed by atoms with E-state index < -0.39 is 16.1 Å². The highest BCUT2D eigenvalue weighted by Gasteiger charge is 2.39. The molecule has 37 heavy (non-hydrogen) atoms. The van der Waals surface area contributed by atoms with Crippen molar-refractivity contribution in [1.82, 2.24) is 4.31 Å². The zero-order valence-corrected chi connectivity index (χ0v) is 25.0. The van der Waals surface area contributed by atoms with Gasteiger partial charge in [-0.25, -0.2) is 8.42 Å². The molecule has 0 aliphatic carbocycles. The summed E-state index contributed by atoms with van der Waals surface area (Å²) in [6, 6.07) is 10.3. The van der Waals surface area contributed by atoms with E-state index in [2.05, 4.69) is 31.9 Å². The first-order valence-electron chi connectivity index (χ1n) is 12.1. The average molecular weight is 670 g/mol. The summed E-state index contributed by atoms with van der Waals surface area (Å²) >= 11 is 7.88. The molecule has 1 saturated heterocycles. The van der Waals surface area contributed by atoms with Crippen LogP contribution < -0.4 is 4.90 Å². The van der Waals surface area contributed by atoms with E-state index in [1.54, 1.807) is 18.1 Å². The van der Waals surface area contributed by atoms with Crippen molar-refractivity contribution in [3.05, 3.63) is 55.8 Å². The van der Waals surface area contributed by atoms with E-state index in [0.717, 1.165) is 52.6 Å². The molecule has 0 spiro atoms. The summed E-state index contributed by atoms with van der Waals surface area (Å²) in [5.41, 5.74) is 2.29. The highest BCUT2D eigenvalue weighted by Crippen LogP contribution is 2.40. The van der Waals surface area contributed by atoms with Crippen molar-refractivity contribution in [1.29, 1.82) is 0 Å². The summed E-state index contributed by atoms with van der Waals surface area (Å²) in [4.78, 5) is 28.5. The van der Waals surface area contributed by atoms with Crippen LogP contribution in [0.5, 0.6) is 0 Å². The maximum atomic E-state index is 13.6. The summed E-state index contributed by atoms with van der Waals surface area (Å²) in [6.45, 7) is 1.44. The Morgan fingerprint density at radius 3 is 2.73 bits per heavy atom. The fourth-order valence-electron chi connectivity index (χ4n) is 5.24. The van der Waals surface area contributed by atoms with Gasteiger partial charge < -0.3 is 9.64 Å². The van der Waals surface area contributed by atoms with Crippen LogP contribution in [0.1, 0.15) is 41.6 Å². The number of anilines is 1. The van der Waals surface area contributed by atoms with Gasteiger partial charge in [0.15, 0.2) is 5.78 Å². The van der Waals surface area contributed by atoms with Gasteiger partial charge in [-0.1, -0.05) is 24.6 Å². The molecule has 0 N–H and O–H groups in total. The molecule has 7 nitrogen and oxygen atoms in total. The van der Waals surface area contributed by atoms with Crippen molar-refractivity contribution in [3.63, 3.8) is 0 Å². The highest BCUT2D eigenvalue weighted by atomic mass is 79.9. The number of sulfonamides is 1. The Balaban J connectivity index is 1.44. The highest BCUT2D eigenvalue weighted by molar-refractivity contribution is 9.13. The van der Waals surface area contributed by atoms with E-state index in [9.17, 15) is 18.0 Å². The lowest BCUT2D eigenvalue weighted by Gasteiger charge is -2.33. The SMILES string of the molecule is COCCCN1C(=O)c2cccc3c(CC(=O)C4CCCCN4S(=O)(=O)c4cc(Br)c(Br)s4)ccc1c23. The van der Waals surface area contributed by atoms with Crippen molar-refractivity contribution in [2.45, 2.75) is 42.4 Å². The number of hydrogen-bond donors (Lipinski definition) is 0. The quantitative estimate of drug-likeness (QED) is 0.270. The smallest absolute Gasteiger partial charge is 0.258 e.